The zero-order valence-corrected chi connectivity index (χ0v) is 22.0. The number of rotatable bonds is 10. The Morgan fingerprint density at radius 1 is 1.00 bits per heavy atom. The van der Waals surface area contributed by atoms with Gasteiger partial charge in [-0.3, -0.25) is 9.59 Å². The Balaban J connectivity index is 1.65. The molecule has 0 saturated carbocycles. The van der Waals surface area contributed by atoms with Gasteiger partial charge in [0.2, 0.25) is 0 Å². The molecule has 1 aliphatic rings. The van der Waals surface area contributed by atoms with Crippen LogP contribution in [0.1, 0.15) is 42.1 Å². The number of ether oxygens (including phenoxy) is 1. The van der Waals surface area contributed by atoms with E-state index in [4.69, 9.17) is 4.74 Å². The van der Waals surface area contributed by atoms with E-state index in [1.54, 1.807) is 42.5 Å². The van der Waals surface area contributed by atoms with Gasteiger partial charge in [0, 0.05) is 24.2 Å². The van der Waals surface area contributed by atoms with Gasteiger partial charge in [0.15, 0.2) is 0 Å². The lowest BCUT2D eigenvalue weighted by molar-refractivity contribution is -0.140. The average molecular weight is 517 g/mol. The van der Waals surface area contributed by atoms with E-state index < -0.39 is 23.5 Å². The molecule has 1 atom stereocenters. The molecule has 1 N–H and O–H groups in total. The van der Waals surface area contributed by atoms with Crippen molar-refractivity contribution in [1.82, 2.24) is 9.80 Å². The Morgan fingerprint density at radius 3 is 2.37 bits per heavy atom. The van der Waals surface area contributed by atoms with Crippen molar-refractivity contribution in [2.75, 3.05) is 26.2 Å². The fraction of sp³-hybridized carbons (Fsp3) is 0.290. The van der Waals surface area contributed by atoms with Gasteiger partial charge < -0.3 is 19.6 Å². The molecule has 0 unspecified atom stereocenters. The third kappa shape index (κ3) is 5.78. The molecule has 198 valence electrons. The summed E-state index contributed by atoms with van der Waals surface area (Å²) in [6.07, 6.45) is 0. The maximum atomic E-state index is 15.0. The average Bonchev–Trinajstić information content (AvgIpc) is 3.17. The Bertz CT molecular complexity index is 1330. The Morgan fingerprint density at radius 2 is 1.71 bits per heavy atom. The summed E-state index contributed by atoms with van der Waals surface area (Å²) in [4.78, 5) is 29.8. The van der Waals surface area contributed by atoms with Crippen LogP contribution in [0.2, 0.25) is 0 Å². The second kappa shape index (κ2) is 12.0. The van der Waals surface area contributed by atoms with Gasteiger partial charge in [-0.25, -0.2) is 4.39 Å². The molecule has 0 spiro atoms. The maximum absolute atomic E-state index is 15.0. The molecule has 4 rings (SSSR count). The number of aliphatic hydroxyl groups is 1. The molecule has 0 aliphatic carbocycles. The molecule has 3 aromatic carbocycles. The lowest BCUT2D eigenvalue weighted by Gasteiger charge is -2.28. The first kappa shape index (κ1) is 27.1. The molecule has 1 fully saturated rings. The summed E-state index contributed by atoms with van der Waals surface area (Å²) in [5, 5.41) is 11.3. The van der Waals surface area contributed by atoms with E-state index >= 15 is 0 Å². The number of Topliss-reactive ketones (excluding diaryl/α,β-unsaturated/α-hetero) is 1. The predicted molar refractivity (Wildman–Crippen MR) is 145 cm³/mol. The molecule has 1 heterocycles. The molecule has 6 nitrogen and oxygen atoms in total. The standard InChI is InChI=1S/C31H33FN2O4/c1-4-33(5-2)17-18-34-28(25-11-6-7-12-26(25)32)27(30(36)31(34)37)29(35)23-13-15-24(16-14-23)38-20-22-10-8-9-21(3)19-22/h6-16,19,28,35H,4-5,17-18,20H2,1-3H3/t28-/m0/s1. The minimum atomic E-state index is -1.02. The van der Waals surface area contributed by atoms with Crippen molar-refractivity contribution < 1.29 is 23.8 Å². The number of benzene rings is 3. The number of aliphatic hydroxyl groups excluding tert-OH is 1. The summed E-state index contributed by atoms with van der Waals surface area (Å²) in [5.41, 5.74) is 2.57. The quantitative estimate of drug-likeness (QED) is 0.220. The van der Waals surface area contributed by atoms with Crippen LogP contribution in [0.5, 0.6) is 5.75 Å². The van der Waals surface area contributed by atoms with Crippen LogP contribution in [-0.2, 0) is 16.2 Å². The van der Waals surface area contributed by atoms with E-state index in [1.165, 1.54) is 11.0 Å². The summed E-state index contributed by atoms with van der Waals surface area (Å²) in [6.45, 7) is 8.75. The third-order valence-electron chi connectivity index (χ3n) is 6.91. The van der Waals surface area contributed by atoms with Gasteiger partial charge in [0.1, 0.15) is 23.9 Å². The SMILES string of the molecule is CCN(CC)CCN1C(=O)C(=O)C(=C(O)c2ccc(OCc3cccc(C)c3)cc2)[C@@H]1c1ccccc1F. The number of carbonyl (C=O) groups is 2. The number of nitrogens with zero attached hydrogens (tertiary/aromatic N) is 2. The number of carbonyl (C=O) groups excluding carboxylic acids is 2. The zero-order valence-electron chi connectivity index (χ0n) is 22.0. The Hall–Kier alpha value is -3.97. The highest BCUT2D eigenvalue weighted by Crippen LogP contribution is 2.40. The number of hydrogen-bond donors (Lipinski definition) is 1. The molecule has 0 bridgehead atoms. The fourth-order valence-corrected chi connectivity index (χ4v) is 4.75. The largest absolute Gasteiger partial charge is 0.507 e. The summed E-state index contributed by atoms with van der Waals surface area (Å²) in [5.74, 6) is -1.86. The Labute approximate surface area is 223 Å². The smallest absolute Gasteiger partial charge is 0.295 e. The van der Waals surface area contributed by atoms with Crippen LogP contribution in [0, 0.1) is 12.7 Å². The van der Waals surface area contributed by atoms with Gasteiger partial charge in [0.25, 0.3) is 11.7 Å². The van der Waals surface area contributed by atoms with E-state index in [1.807, 2.05) is 45.0 Å². The molecular weight excluding hydrogens is 483 g/mol. The fourth-order valence-electron chi connectivity index (χ4n) is 4.75. The van der Waals surface area contributed by atoms with Crippen molar-refractivity contribution in [3.63, 3.8) is 0 Å². The minimum Gasteiger partial charge on any atom is -0.507 e. The van der Waals surface area contributed by atoms with Crippen LogP contribution < -0.4 is 4.74 Å². The van der Waals surface area contributed by atoms with Crippen molar-refractivity contribution in [2.24, 2.45) is 0 Å². The zero-order chi connectivity index (χ0) is 27.2. The molecule has 1 aliphatic heterocycles. The molecule has 0 aromatic heterocycles. The molecule has 1 amide bonds. The Kier molecular flexibility index (Phi) is 8.59. The van der Waals surface area contributed by atoms with E-state index in [9.17, 15) is 19.1 Å². The first-order chi connectivity index (χ1) is 18.3. The monoisotopic (exact) mass is 516 g/mol. The van der Waals surface area contributed by atoms with E-state index in [0.717, 1.165) is 24.2 Å². The molecule has 38 heavy (non-hydrogen) atoms. The number of ketones is 1. The van der Waals surface area contributed by atoms with Crippen molar-refractivity contribution in [1.29, 1.82) is 0 Å². The van der Waals surface area contributed by atoms with Gasteiger partial charge in [-0.15, -0.1) is 0 Å². The van der Waals surface area contributed by atoms with E-state index in [0.29, 0.717) is 24.5 Å². The lowest BCUT2D eigenvalue weighted by Crippen LogP contribution is -2.38. The number of amides is 1. The summed E-state index contributed by atoms with van der Waals surface area (Å²) in [7, 11) is 0. The normalized spacial score (nSPS) is 16.9. The highest BCUT2D eigenvalue weighted by Gasteiger charge is 2.46. The second-order valence-corrected chi connectivity index (χ2v) is 9.34. The van der Waals surface area contributed by atoms with Gasteiger partial charge in [-0.05, 0) is 55.9 Å². The number of hydrogen-bond acceptors (Lipinski definition) is 5. The summed E-state index contributed by atoms with van der Waals surface area (Å²) in [6, 6.07) is 19.7. The van der Waals surface area contributed by atoms with Crippen LogP contribution >= 0.6 is 0 Å². The first-order valence-corrected chi connectivity index (χ1v) is 12.9. The minimum absolute atomic E-state index is 0.118. The first-order valence-electron chi connectivity index (χ1n) is 12.9. The molecule has 7 heteroatoms. The van der Waals surface area contributed by atoms with Crippen LogP contribution in [0.25, 0.3) is 5.76 Å². The number of likely N-dealkylation sites (N-methyl/N-ethyl adjacent to an activating group) is 1. The molecule has 1 saturated heterocycles. The number of halogens is 1. The highest BCUT2D eigenvalue weighted by atomic mass is 19.1. The van der Waals surface area contributed by atoms with Crippen LogP contribution in [-0.4, -0.2) is 52.8 Å². The predicted octanol–water partition coefficient (Wildman–Crippen LogP) is 5.48. The van der Waals surface area contributed by atoms with Crippen LogP contribution in [0.3, 0.4) is 0 Å². The summed E-state index contributed by atoms with van der Waals surface area (Å²) >= 11 is 0. The van der Waals surface area contributed by atoms with E-state index in [2.05, 4.69) is 4.90 Å². The molecule has 0 radical (unpaired) electrons. The topological polar surface area (TPSA) is 70.1 Å². The van der Waals surface area contributed by atoms with Crippen molar-refractivity contribution in [3.8, 4) is 5.75 Å². The van der Waals surface area contributed by atoms with Crippen LogP contribution in [0.4, 0.5) is 4.39 Å². The molecule has 3 aromatic rings. The van der Waals surface area contributed by atoms with Crippen molar-refractivity contribution in [2.45, 2.75) is 33.4 Å². The summed E-state index contributed by atoms with van der Waals surface area (Å²) < 4.78 is 20.8. The van der Waals surface area contributed by atoms with Gasteiger partial charge in [-0.1, -0.05) is 61.9 Å². The van der Waals surface area contributed by atoms with Crippen molar-refractivity contribution >= 4 is 17.4 Å². The van der Waals surface area contributed by atoms with Gasteiger partial charge in [-0.2, -0.15) is 0 Å². The van der Waals surface area contributed by atoms with E-state index in [-0.39, 0.29) is 23.4 Å². The highest BCUT2D eigenvalue weighted by molar-refractivity contribution is 6.46. The maximum Gasteiger partial charge on any atom is 0.295 e. The van der Waals surface area contributed by atoms with Gasteiger partial charge >= 0.3 is 0 Å². The van der Waals surface area contributed by atoms with Crippen LogP contribution in [0.15, 0.2) is 78.4 Å². The number of aryl methyl sites for hydroxylation is 1. The lowest BCUT2D eigenvalue weighted by atomic mass is 9.95. The van der Waals surface area contributed by atoms with Crippen molar-refractivity contribution in [3.05, 3.63) is 106 Å². The van der Waals surface area contributed by atoms with Gasteiger partial charge in [0.05, 0.1) is 11.6 Å². The third-order valence-corrected chi connectivity index (χ3v) is 6.91. The second-order valence-electron chi connectivity index (χ2n) is 9.34. The number of likely N-dealkylation sites (tertiary alicyclic amines) is 1. The molecular formula is C31H33FN2O4.